The van der Waals surface area contributed by atoms with Gasteiger partial charge in [0, 0.05) is 0 Å². The summed E-state index contributed by atoms with van der Waals surface area (Å²) in [7, 11) is 0. The summed E-state index contributed by atoms with van der Waals surface area (Å²) in [6.07, 6.45) is 4.29. The quantitative estimate of drug-likeness (QED) is 0.323. The van der Waals surface area contributed by atoms with Crippen molar-refractivity contribution in [1.82, 2.24) is 0 Å². The molecule has 0 nitrogen and oxygen atoms in total. The third-order valence-corrected chi connectivity index (χ3v) is 5.15. The molecule has 0 aliphatic heterocycles. The van der Waals surface area contributed by atoms with Gasteiger partial charge in [0.1, 0.15) is 0 Å². The molecule has 0 atom stereocenters. The number of hydrogen-bond acceptors (Lipinski definition) is 0. The lowest BCUT2D eigenvalue weighted by Gasteiger charge is -2.12. The average molecular weight is 318 g/mol. The average Bonchev–Trinajstić information content (AvgIpc) is 2.99. The zero-order valence-electron chi connectivity index (χ0n) is 14.2. The summed E-state index contributed by atoms with van der Waals surface area (Å²) in [6.45, 7) is 2.07. The lowest BCUT2D eigenvalue weighted by Crippen LogP contribution is -1.86. The van der Waals surface area contributed by atoms with Crippen LogP contribution in [0.1, 0.15) is 12.5 Å². The van der Waals surface area contributed by atoms with Gasteiger partial charge in [0.15, 0.2) is 0 Å². The Bertz CT molecular complexity index is 1120. The van der Waals surface area contributed by atoms with Crippen molar-refractivity contribution in [3.05, 3.63) is 90.5 Å². The van der Waals surface area contributed by atoms with Crippen LogP contribution in [0.4, 0.5) is 0 Å². The van der Waals surface area contributed by atoms with Crippen molar-refractivity contribution in [2.75, 3.05) is 0 Å². The second-order valence-corrected chi connectivity index (χ2v) is 6.52. The second-order valence-electron chi connectivity index (χ2n) is 6.52. The Balaban J connectivity index is 1.87. The van der Waals surface area contributed by atoms with E-state index in [0.29, 0.717) is 0 Å². The van der Waals surface area contributed by atoms with E-state index in [9.17, 15) is 0 Å². The highest BCUT2D eigenvalue weighted by Crippen LogP contribution is 2.49. The Morgan fingerprint density at radius 2 is 1.12 bits per heavy atom. The van der Waals surface area contributed by atoms with E-state index in [-0.39, 0.29) is 0 Å². The molecule has 0 aromatic heterocycles. The molecule has 0 saturated heterocycles. The first-order valence-corrected chi connectivity index (χ1v) is 8.76. The van der Waals surface area contributed by atoms with Crippen LogP contribution in [0, 0.1) is 0 Å². The van der Waals surface area contributed by atoms with E-state index in [1.165, 1.54) is 49.7 Å². The van der Waals surface area contributed by atoms with Crippen LogP contribution in [0.3, 0.4) is 0 Å². The van der Waals surface area contributed by atoms with Crippen LogP contribution in [-0.2, 0) is 0 Å². The molecule has 0 heterocycles. The molecule has 4 aromatic carbocycles. The minimum absolute atomic E-state index is 1.27. The van der Waals surface area contributed by atoms with Crippen LogP contribution < -0.4 is 0 Å². The molecule has 25 heavy (non-hydrogen) atoms. The predicted molar refractivity (Wildman–Crippen MR) is 109 cm³/mol. The standard InChI is InChI=1S/C25H18/c1-2-8-17-9-3-4-10-18(17)21-15-16-24-20-12-6-5-11-19(20)22-13-7-14-23(21)25(22)24/h2-16H,1H3. The Kier molecular flexibility index (Phi) is 3.11. The van der Waals surface area contributed by atoms with Crippen molar-refractivity contribution in [1.29, 1.82) is 0 Å². The topological polar surface area (TPSA) is 0 Å². The maximum absolute atomic E-state index is 2.29. The number of hydrogen-bond donors (Lipinski definition) is 0. The second kappa shape index (κ2) is 5.46. The summed E-state index contributed by atoms with van der Waals surface area (Å²) in [5.41, 5.74) is 9.27. The molecule has 0 amide bonds. The number of benzene rings is 4. The predicted octanol–water partition coefficient (Wildman–Crippen LogP) is 7.19. The van der Waals surface area contributed by atoms with Crippen molar-refractivity contribution in [3.63, 3.8) is 0 Å². The minimum Gasteiger partial charge on any atom is -0.0870 e. The molecule has 118 valence electrons. The van der Waals surface area contributed by atoms with Gasteiger partial charge < -0.3 is 0 Å². The van der Waals surface area contributed by atoms with Crippen LogP contribution in [0.25, 0.3) is 50.2 Å². The molecule has 4 aromatic rings. The van der Waals surface area contributed by atoms with Gasteiger partial charge >= 0.3 is 0 Å². The lowest BCUT2D eigenvalue weighted by atomic mass is 9.92. The largest absolute Gasteiger partial charge is 0.0870 e. The number of rotatable bonds is 2. The molecule has 0 saturated carbocycles. The van der Waals surface area contributed by atoms with Gasteiger partial charge in [-0.25, -0.2) is 0 Å². The van der Waals surface area contributed by atoms with Crippen molar-refractivity contribution >= 4 is 16.8 Å². The van der Waals surface area contributed by atoms with Crippen molar-refractivity contribution in [3.8, 4) is 33.4 Å². The lowest BCUT2D eigenvalue weighted by molar-refractivity contribution is 1.61. The van der Waals surface area contributed by atoms with Gasteiger partial charge in [-0.15, -0.1) is 0 Å². The first-order chi connectivity index (χ1) is 12.4. The summed E-state index contributed by atoms with van der Waals surface area (Å²) in [5, 5.41) is 2.72. The molecule has 0 heteroatoms. The fourth-order valence-corrected chi connectivity index (χ4v) is 4.11. The normalized spacial score (nSPS) is 12.0. The van der Waals surface area contributed by atoms with Crippen LogP contribution >= 0.6 is 0 Å². The van der Waals surface area contributed by atoms with E-state index in [0.717, 1.165) is 0 Å². The van der Waals surface area contributed by atoms with Gasteiger partial charge in [-0.2, -0.15) is 0 Å². The van der Waals surface area contributed by atoms with E-state index in [1.54, 1.807) is 0 Å². The molecule has 0 bridgehead atoms. The van der Waals surface area contributed by atoms with Gasteiger partial charge in [0.05, 0.1) is 0 Å². The molecule has 1 aliphatic carbocycles. The maximum Gasteiger partial charge on any atom is -0.00201 e. The Labute approximate surface area is 148 Å². The molecule has 0 fully saturated rings. The van der Waals surface area contributed by atoms with Gasteiger partial charge in [0.2, 0.25) is 0 Å². The molecular weight excluding hydrogens is 300 g/mol. The zero-order chi connectivity index (χ0) is 16.8. The van der Waals surface area contributed by atoms with Crippen LogP contribution in [0.2, 0.25) is 0 Å². The van der Waals surface area contributed by atoms with Gasteiger partial charge in [-0.05, 0) is 56.6 Å². The summed E-state index contributed by atoms with van der Waals surface area (Å²) >= 11 is 0. The summed E-state index contributed by atoms with van der Waals surface area (Å²) in [5.74, 6) is 0. The summed E-state index contributed by atoms with van der Waals surface area (Å²) < 4.78 is 0. The van der Waals surface area contributed by atoms with E-state index >= 15 is 0 Å². The van der Waals surface area contributed by atoms with E-state index < -0.39 is 0 Å². The SMILES string of the molecule is CC=Cc1ccccc1-c1ccc2c3c(cccc13)-c1ccccc1-2. The highest BCUT2D eigenvalue weighted by Gasteiger charge is 2.22. The zero-order valence-corrected chi connectivity index (χ0v) is 14.2. The fourth-order valence-electron chi connectivity index (χ4n) is 4.11. The van der Waals surface area contributed by atoms with E-state index in [1.807, 2.05) is 0 Å². The Hall–Kier alpha value is -3.12. The molecule has 0 N–H and O–H groups in total. The number of allylic oxidation sites excluding steroid dienone is 1. The minimum atomic E-state index is 1.27. The Morgan fingerprint density at radius 1 is 0.520 bits per heavy atom. The third kappa shape index (κ3) is 2.01. The molecular formula is C25H18. The van der Waals surface area contributed by atoms with Gasteiger partial charge in [0.25, 0.3) is 0 Å². The molecule has 0 spiro atoms. The maximum atomic E-state index is 2.29. The van der Waals surface area contributed by atoms with Gasteiger partial charge in [-0.1, -0.05) is 91.0 Å². The summed E-state index contributed by atoms with van der Waals surface area (Å²) in [6, 6.07) is 28.6. The smallest absolute Gasteiger partial charge is 0.00201 e. The van der Waals surface area contributed by atoms with Crippen molar-refractivity contribution in [2.45, 2.75) is 6.92 Å². The van der Waals surface area contributed by atoms with Crippen LogP contribution in [0.5, 0.6) is 0 Å². The molecule has 5 rings (SSSR count). The van der Waals surface area contributed by atoms with E-state index in [2.05, 4.69) is 97.9 Å². The number of fused-ring (bicyclic) bond motifs is 3. The van der Waals surface area contributed by atoms with Crippen LogP contribution in [0.15, 0.2) is 84.9 Å². The fraction of sp³-hybridized carbons (Fsp3) is 0.0400. The highest BCUT2D eigenvalue weighted by atomic mass is 14.2. The van der Waals surface area contributed by atoms with Crippen LogP contribution in [-0.4, -0.2) is 0 Å². The summed E-state index contributed by atoms with van der Waals surface area (Å²) in [4.78, 5) is 0. The molecule has 0 radical (unpaired) electrons. The van der Waals surface area contributed by atoms with Gasteiger partial charge in [-0.3, -0.25) is 0 Å². The highest BCUT2D eigenvalue weighted by molar-refractivity contribution is 6.18. The first kappa shape index (κ1) is 14.2. The van der Waals surface area contributed by atoms with Crippen molar-refractivity contribution in [2.24, 2.45) is 0 Å². The third-order valence-electron chi connectivity index (χ3n) is 5.15. The molecule has 1 aliphatic rings. The van der Waals surface area contributed by atoms with E-state index in [4.69, 9.17) is 0 Å². The monoisotopic (exact) mass is 318 g/mol. The Morgan fingerprint density at radius 3 is 1.88 bits per heavy atom. The molecule has 0 unspecified atom stereocenters. The van der Waals surface area contributed by atoms with Crippen molar-refractivity contribution < 1.29 is 0 Å². The first-order valence-electron chi connectivity index (χ1n) is 8.76.